The van der Waals surface area contributed by atoms with Gasteiger partial charge in [-0.25, -0.2) is 0 Å². The Bertz CT molecular complexity index is 723. The van der Waals surface area contributed by atoms with Gasteiger partial charge in [-0.3, -0.25) is 4.79 Å². The fourth-order valence-corrected chi connectivity index (χ4v) is 2.12. The first-order valence-corrected chi connectivity index (χ1v) is 7.39. The predicted octanol–water partition coefficient (Wildman–Crippen LogP) is 3.58. The molecule has 0 aliphatic carbocycles. The highest BCUT2D eigenvalue weighted by atomic mass is 16.1. The summed E-state index contributed by atoms with van der Waals surface area (Å²) in [5.41, 5.74) is 0.941. The van der Waals surface area contributed by atoms with Crippen LogP contribution in [0.2, 0.25) is 0 Å². The number of amides is 1. The van der Waals surface area contributed by atoms with Crippen LogP contribution in [0.1, 0.15) is 19.8 Å². The average molecular weight is 293 g/mol. The van der Waals surface area contributed by atoms with Crippen molar-refractivity contribution in [2.75, 3.05) is 11.9 Å². The number of carbonyl (C=O) groups is 1. The Hall–Kier alpha value is -2.80. The van der Waals surface area contributed by atoms with E-state index in [1.807, 2.05) is 48.5 Å². The molecule has 0 aliphatic rings. The van der Waals surface area contributed by atoms with Crippen molar-refractivity contribution < 1.29 is 4.79 Å². The minimum atomic E-state index is -0.344. The first kappa shape index (κ1) is 15.6. The van der Waals surface area contributed by atoms with Crippen LogP contribution in [0.15, 0.2) is 54.2 Å². The highest BCUT2D eigenvalue weighted by molar-refractivity contribution is 5.98. The minimum absolute atomic E-state index is 0.0732. The van der Waals surface area contributed by atoms with Crippen molar-refractivity contribution in [2.45, 2.75) is 19.8 Å². The van der Waals surface area contributed by atoms with Gasteiger partial charge in [0.2, 0.25) is 0 Å². The normalized spacial score (nSPS) is 11.0. The van der Waals surface area contributed by atoms with E-state index in [4.69, 9.17) is 5.26 Å². The smallest absolute Gasteiger partial charge is 0.263 e. The monoisotopic (exact) mass is 293 g/mol. The van der Waals surface area contributed by atoms with E-state index in [-0.39, 0.29) is 11.5 Å². The lowest BCUT2D eigenvalue weighted by molar-refractivity contribution is -0.117. The fourth-order valence-electron chi connectivity index (χ4n) is 2.12. The largest absolute Gasteiger partial charge is 0.360 e. The van der Waals surface area contributed by atoms with Crippen LogP contribution in [0.5, 0.6) is 0 Å². The number of carbonyl (C=O) groups excluding carboxylic acids is 1. The summed E-state index contributed by atoms with van der Waals surface area (Å²) in [6, 6.07) is 15.8. The third-order valence-corrected chi connectivity index (χ3v) is 3.34. The molecule has 0 fully saturated rings. The Morgan fingerprint density at radius 3 is 2.77 bits per heavy atom. The van der Waals surface area contributed by atoms with E-state index < -0.39 is 0 Å². The number of nitriles is 1. The topological polar surface area (TPSA) is 64.9 Å². The number of unbranched alkanes of at least 4 members (excludes halogenated alkanes) is 1. The summed E-state index contributed by atoms with van der Waals surface area (Å²) in [6.45, 7) is 2.64. The number of rotatable bonds is 6. The Labute approximate surface area is 130 Å². The second kappa shape index (κ2) is 7.84. The van der Waals surface area contributed by atoms with Crippen LogP contribution in [-0.2, 0) is 4.79 Å². The molecule has 0 bridgehead atoms. The number of nitrogens with zero attached hydrogens (tertiary/aromatic N) is 1. The molecule has 4 nitrogen and oxygen atoms in total. The first-order chi connectivity index (χ1) is 10.8. The summed E-state index contributed by atoms with van der Waals surface area (Å²) < 4.78 is 0. The van der Waals surface area contributed by atoms with Gasteiger partial charge in [-0.1, -0.05) is 49.7 Å². The lowest BCUT2D eigenvalue weighted by Gasteiger charge is -2.07. The Balaban J connectivity index is 2.14. The van der Waals surface area contributed by atoms with Crippen molar-refractivity contribution in [3.8, 4) is 6.07 Å². The van der Waals surface area contributed by atoms with Gasteiger partial charge >= 0.3 is 0 Å². The van der Waals surface area contributed by atoms with Crippen molar-refractivity contribution in [3.63, 3.8) is 0 Å². The van der Waals surface area contributed by atoms with E-state index in [1.54, 1.807) is 0 Å². The second-order valence-electron chi connectivity index (χ2n) is 4.95. The van der Waals surface area contributed by atoms with E-state index in [1.165, 1.54) is 6.20 Å². The second-order valence-corrected chi connectivity index (χ2v) is 4.95. The quantitative estimate of drug-likeness (QED) is 0.486. The third-order valence-electron chi connectivity index (χ3n) is 3.34. The molecule has 22 heavy (non-hydrogen) atoms. The van der Waals surface area contributed by atoms with Crippen molar-refractivity contribution in [1.82, 2.24) is 5.32 Å². The zero-order chi connectivity index (χ0) is 15.8. The van der Waals surface area contributed by atoms with E-state index >= 15 is 0 Å². The van der Waals surface area contributed by atoms with E-state index in [0.29, 0.717) is 6.54 Å². The zero-order valence-electron chi connectivity index (χ0n) is 12.6. The maximum atomic E-state index is 11.9. The van der Waals surface area contributed by atoms with Gasteiger partial charge in [0.1, 0.15) is 11.6 Å². The van der Waals surface area contributed by atoms with Crippen LogP contribution in [0.4, 0.5) is 5.69 Å². The first-order valence-electron chi connectivity index (χ1n) is 7.39. The Morgan fingerprint density at radius 2 is 2.00 bits per heavy atom. The molecule has 2 N–H and O–H groups in total. The number of fused-ring (bicyclic) bond motifs is 1. The summed E-state index contributed by atoms with van der Waals surface area (Å²) in [6.07, 6.45) is 3.37. The van der Waals surface area contributed by atoms with Crippen molar-refractivity contribution in [2.24, 2.45) is 0 Å². The van der Waals surface area contributed by atoms with Crippen molar-refractivity contribution in [1.29, 1.82) is 5.26 Å². The predicted molar refractivity (Wildman–Crippen MR) is 89.2 cm³/mol. The molecule has 0 saturated heterocycles. The van der Waals surface area contributed by atoms with Gasteiger partial charge < -0.3 is 10.6 Å². The number of hydrogen-bond acceptors (Lipinski definition) is 3. The number of anilines is 1. The zero-order valence-corrected chi connectivity index (χ0v) is 12.6. The third kappa shape index (κ3) is 3.86. The van der Waals surface area contributed by atoms with Gasteiger partial charge in [-0.05, 0) is 17.9 Å². The van der Waals surface area contributed by atoms with Crippen LogP contribution >= 0.6 is 0 Å². The highest BCUT2D eigenvalue weighted by Gasteiger charge is 2.08. The van der Waals surface area contributed by atoms with Gasteiger partial charge in [-0.15, -0.1) is 0 Å². The van der Waals surface area contributed by atoms with Crippen LogP contribution in [-0.4, -0.2) is 12.5 Å². The van der Waals surface area contributed by atoms with Gasteiger partial charge in [-0.2, -0.15) is 5.26 Å². The van der Waals surface area contributed by atoms with Crippen molar-refractivity contribution in [3.05, 3.63) is 54.2 Å². The summed E-state index contributed by atoms with van der Waals surface area (Å²) in [5.74, 6) is -0.344. The van der Waals surface area contributed by atoms with Crippen LogP contribution in [0.3, 0.4) is 0 Å². The van der Waals surface area contributed by atoms with Gasteiger partial charge in [0.25, 0.3) is 5.91 Å². The molecule has 2 rings (SSSR count). The molecule has 4 heteroatoms. The number of nitrogens with one attached hydrogen (secondary N) is 2. The average Bonchev–Trinajstić information content (AvgIpc) is 2.56. The van der Waals surface area contributed by atoms with Crippen LogP contribution in [0, 0.1) is 11.3 Å². The molecule has 0 saturated carbocycles. The molecule has 0 heterocycles. The highest BCUT2D eigenvalue weighted by Crippen LogP contribution is 2.23. The minimum Gasteiger partial charge on any atom is -0.360 e. The molecule has 0 aliphatic heterocycles. The maximum Gasteiger partial charge on any atom is 0.263 e. The summed E-state index contributed by atoms with van der Waals surface area (Å²) in [5, 5.41) is 17.1. The van der Waals surface area contributed by atoms with Crippen LogP contribution < -0.4 is 10.6 Å². The molecule has 112 valence electrons. The molecule has 0 atom stereocenters. The maximum absolute atomic E-state index is 11.9. The van der Waals surface area contributed by atoms with Gasteiger partial charge in [0.15, 0.2) is 0 Å². The molecule has 1 amide bonds. The van der Waals surface area contributed by atoms with Crippen LogP contribution in [0.25, 0.3) is 10.8 Å². The summed E-state index contributed by atoms with van der Waals surface area (Å²) >= 11 is 0. The van der Waals surface area contributed by atoms with E-state index in [0.717, 1.165) is 29.3 Å². The van der Waals surface area contributed by atoms with Gasteiger partial charge in [0.05, 0.1) is 0 Å². The molecule has 0 unspecified atom stereocenters. The van der Waals surface area contributed by atoms with E-state index in [2.05, 4.69) is 17.6 Å². The molecule has 0 aromatic heterocycles. The van der Waals surface area contributed by atoms with E-state index in [9.17, 15) is 4.79 Å². The standard InChI is InChI=1S/C18H19N3O/c1-2-3-11-20-18(22)15(12-19)13-21-17-10-6-8-14-7-4-5-9-16(14)17/h4-10,13,21H,2-3,11H2,1H3,(H,20,22)/b15-13-. The summed E-state index contributed by atoms with van der Waals surface area (Å²) in [4.78, 5) is 11.9. The fraction of sp³-hybridized carbons (Fsp3) is 0.222. The molecule has 0 radical (unpaired) electrons. The number of hydrogen-bond donors (Lipinski definition) is 2. The Morgan fingerprint density at radius 1 is 1.23 bits per heavy atom. The molecule has 2 aromatic carbocycles. The van der Waals surface area contributed by atoms with Crippen molar-refractivity contribution >= 4 is 22.4 Å². The van der Waals surface area contributed by atoms with Gasteiger partial charge in [0, 0.05) is 23.8 Å². The SMILES string of the molecule is CCCCNC(=O)/C(C#N)=C\Nc1cccc2ccccc12. The molecular weight excluding hydrogens is 274 g/mol. The molecular formula is C18H19N3O. The Kier molecular flexibility index (Phi) is 5.56. The number of benzene rings is 2. The lowest BCUT2D eigenvalue weighted by atomic mass is 10.1. The molecule has 2 aromatic rings. The molecule has 0 spiro atoms. The summed E-state index contributed by atoms with van der Waals surface area (Å²) in [7, 11) is 0. The lowest BCUT2D eigenvalue weighted by Crippen LogP contribution is -2.25.